The Balaban J connectivity index is 2.52. The lowest BCUT2D eigenvalue weighted by Crippen LogP contribution is -1.97. The Bertz CT molecular complexity index is 607. The molecular formula is C12H10Cl2N2OS. The molecule has 0 atom stereocenters. The summed E-state index contributed by atoms with van der Waals surface area (Å²) in [7, 11) is 1.62. The largest absolute Gasteiger partial charge is 0.378 e. The van der Waals surface area contributed by atoms with Crippen molar-refractivity contribution < 1.29 is 4.74 Å². The van der Waals surface area contributed by atoms with Crippen LogP contribution in [0.25, 0.3) is 11.4 Å². The summed E-state index contributed by atoms with van der Waals surface area (Å²) < 4.78 is 5.56. The van der Waals surface area contributed by atoms with E-state index in [9.17, 15) is 0 Å². The van der Waals surface area contributed by atoms with E-state index in [0.29, 0.717) is 27.1 Å². The van der Waals surface area contributed by atoms with Gasteiger partial charge in [0.1, 0.15) is 10.5 Å². The molecule has 0 radical (unpaired) electrons. The molecule has 3 nitrogen and oxygen atoms in total. The van der Waals surface area contributed by atoms with Gasteiger partial charge >= 0.3 is 0 Å². The second-order valence-corrected chi connectivity index (χ2v) is 4.98. The molecule has 94 valence electrons. The van der Waals surface area contributed by atoms with E-state index >= 15 is 0 Å². The summed E-state index contributed by atoms with van der Waals surface area (Å²) >= 11 is 17.0. The van der Waals surface area contributed by atoms with E-state index in [1.807, 2.05) is 0 Å². The molecule has 1 N–H and O–H groups in total. The van der Waals surface area contributed by atoms with Crippen molar-refractivity contribution in [3.05, 3.63) is 44.6 Å². The van der Waals surface area contributed by atoms with Gasteiger partial charge in [-0.2, -0.15) is 0 Å². The first-order chi connectivity index (χ1) is 8.58. The van der Waals surface area contributed by atoms with Gasteiger partial charge < -0.3 is 9.72 Å². The van der Waals surface area contributed by atoms with Crippen LogP contribution in [0.5, 0.6) is 0 Å². The molecule has 2 aromatic rings. The highest BCUT2D eigenvalue weighted by Crippen LogP contribution is 2.25. The molecule has 0 fully saturated rings. The van der Waals surface area contributed by atoms with Crippen molar-refractivity contribution in [1.29, 1.82) is 0 Å². The van der Waals surface area contributed by atoms with Gasteiger partial charge in [0.25, 0.3) is 0 Å². The number of hydrogen-bond donors (Lipinski definition) is 1. The van der Waals surface area contributed by atoms with Crippen molar-refractivity contribution in [2.75, 3.05) is 7.11 Å². The molecule has 1 aromatic carbocycles. The topological polar surface area (TPSA) is 37.9 Å². The molecule has 0 amide bonds. The van der Waals surface area contributed by atoms with Gasteiger partial charge in [0.05, 0.1) is 6.61 Å². The minimum absolute atomic E-state index is 0.438. The maximum Gasteiger partial charge on any atom is 0.139 e. The summed E-state index contributed by atoms with van der Waals surface area (Å²) in [5, 5.41) is 1.10. The van der Waals surface area contributed by atoms with E-state index < -0.39 is 0 Å². The van der Waals surface area contributed by atoms with Gasteiger partial charge in [0.15, 0.2) is 0 Å². The Kier molecular flexibility index (Phi) is 4.35. The van der Waals surface area contributed by atoms with Crippen molar-refractivity contribution in [3.8, 4) is 11.4 Å². The van der Waals surface area contributed by atoms with Crippen LogP contribution in [0.2, 0.25) is 10.0 Å². The van der Waals surface area contributed by atoms with E-state index in [0.717, 1.165) is 11.3 Å². The van der Waals surface area contributed by atoms with Gasteiger partial charge in [-0.3, -0.25) is 0 Å². The Morgan fingerprint density at radius 3 is 2.50 bits per heavy atom. The third-order valence-electron chi connectivity index (χ3n) is 2.23. The fourth-order valence-corrected chi connectivity index (χ4v) is 2.33. The Morgan fingerprint density at radius 1 is 1.22 bits per heavy atom. The average molecular weight is 301 g/mol. The van der Waals surface area contributed by atoms with Crippen molar-refractivity contribution in [1.82, 2.24) is 9.97 Å². The molecule has 1 heterocycles. The van der Waals surface area contributed by atoms with Crippen LogP contribution in [0.15, 0.2) is 24.3 Å². The lowest BCUT2D eigenvalue weighted by molar-refractivity contribution is 0.181. The van der Waals surface area contributed by atoms with Gasteiger partial charge in [-0.1, -0.05) is 35.4 Å². The van der Waals surface area contributed by atoms with E-state index in [1.165, 1.54) is 0 Å². The number of halogens is 2. The summed E-state index contributed by atoms with van der Waals surface area (Å²) in [4.78, 5) is 7.39. The molecule has 0 aliphatic carbocycles. The zero-order valence-corrected chi connectivity index (χ0v) is 11.9. The summed E-state index contributed by atoms with van der Waals surface area (Å²) in [6, 6.07) is 6.98. The predicted molar refractivity (Wildman–Crippen MR) is 75.6 cm³/mol. The summed E-state index contributed by atoms with van der Waals surface area (Å²) in [6.45, 7) is 0.438. The molecular weight excluding hydrogens is 291 g/mol. The van der Waals surface area contributed by atoms with Gasteiger partial charge in [-0.25, -0.2) is 4.98 Å². The van der Waals surface area contributed by atoms with Crippen LogP contribution >= 0.6 is 35.4 Å². The molecule has 1 aromatic heterocycles. The normalized spacial score (nSPS) is 10.6. The molecule has 0 bridgehead atoms. The smallest absolute Gasteiger partial charge is 0.139 e. The zero-order chi connectivity index (χ0) is 13.1. The first-order valence-electron chi connectivity index (χ1n) is 5.14. The summed E-state index contributed by atoms with van der Waals surface area (Å²) in [6.07, 6.45) is 0. The first-order valence-corrected chi connectivity index (χ1v) is 6.30. The lowest BCUT2D eigenvalue weighted by atomic mass is 10.2. The second kappa shape index (κ2) is 5.80. The van der Waals surface area contributed by atoms with Crippen LogP contribution in [0, 0.1) is 4.64 Å². The number of aromatic amines is 1. The van der Waals surface area contributed by atoms with E-state index in [4.69, 9.17) is 40.2 Å². The fourth-order valence-electron chi connectivity index (χ4n) is 1.57. The van der Waals surface area contributed by atoms with Gasteiger partial charge in [-0.15, -0.1) is 0 Å². The van der Waals surface area contributed by atoms with Crippen LogP contribution in [-0.4, -0.2) is 17.1 Å². The third-order valence-corrected chi connectivity index (χ3v) is 2.88. The quantitative estimate of drug-likeness (QED) is 0.861. The van der Waals surface area contributed by atoms with Crippen LogP contribution < -0.4 is 0 Å². The molecule has 0 aliphatic heterocycles. The Hall–Kier alpha value is -0.940. The SMILES string of the molecule is COCc1cc(=S)nc(-c2cc(Cl)cc(Cl)c2)[nH]1. The number of nitrogens with zero attached hydrogens (tertiary/aromatic N) is 1. The van der Waals surface area contributed by atoms with Gasteiger partial charge in [0.2, 0.25) is 0 Å². The monoisotopic (exact) mass is 300 g/mol. The van der Waals surface area contributed by atoms with E-state index in [2.05, 4.69) is 9.97 Å². The summed E-state index contributed by atoms with van der Waals surface area (Å²) in [5.41, 5.74) is 1.64. The highest BCUT2D eigenvalue weighted by molar-refractivity contribution is 7.71. The Morgan fingerprint density at radius 2 is 1.89 bits per heavy atom. The summed E-state index contributed by atoms with van der Waals surface area (Å²) in [5.74, 6) is 0.624. The first kappa shape index (κ1) is 13.5. The van der Waals surface area contributed by atoms with Crippen LogP contribution in [-0.2, 0) is 11.3 Å². The van der Waals surface area contributed by atoms with Crippen LogP contribution in [0.3, 0.4) is 0 Å². The van der Waals surface area contributed by atoms with E-state index in [-0.39, 0.29) is 0 Å². The van der Waals surface area contributed by atoms with Crippen molar-refractivity contribution in [2.24, 2.45) is 0 Å². The molecule has 0 saturated carbocycles. The number of benzene rings is 1. The van der Waals surface area contributed by atoms with Gasteiger partial charge in [0, 0.05) is 28.4 Å². The number of nitrogens with one attached hydrogen (secondary N) is 1. The molecule has 0 unspecified atom stereocenters. The molecule has 0 spiro atoms. The Labute approximate surface area is 120 Å². The zero-order valence-electron chi connectivity index (χ0n) is 9.54. The van der Waals surface area contributed by atoms with Crippen LogP contribution in [0.1, 0.15) is 5.69 Å². The maximum atomic E-state index is 5.96. The number of methoxy groups -OCH3 is 1. The minimum atomic E-state index is 0.438. The van der Waals surface area contributed by atoms with Crippen molar-refractivity contribution in [2.45, 2.75) is 6.61 Å². The molecule has 18 heavy (non-hydrogen) atoms. The molecule has 0 saturated heterocycles. The second-order valence-electron chi connectivity index (χ2n) is 3.68. The van der Waals surface area contributed by atoms with Crippen molar-refractivity contribution >= 4 is 35.4 Å². The van der Waals surface area contributed by atoms with Crippen molar-refractivity contribution in [3.63, 3.8) is 0 Å². The van der Waals surface area contributed by atoms with E-state index in [1.54, 1.807) is 31.4 Å². The molecule has 6 heteroatoms. The van der Waals surface area contributed by atoms with Gasteiger partial charge in [-0.05, 0) is 24.3 Å². The highest BCUT2D eigenvalue weighted by atomic mass is 35.5. The predicted octanol–water partition coefficient (Wildman–Crippen LogP) is 4.26. The minimum Gasteiger partial charge on any atom is -0.378 e. The molecule has 0 aliphatic rings. The number of ether oxygens (including phenoxy) is 1. The standard InChI is InChI=1S/C12H10Cl2N2OS/c1-17-6-10-5-11(18)16-12(15-10)7-2-8(13)4-9(14)3-7/h2-5H,6H2,1H3,(H,15,16,18). The van der Waals surface area contributed by atoms with Crippen LogP contribution in [0.4, 0.5) is 0 Å². The number of rotatable bonds is 3. The third kappa shape index (κ3) is 3.29. The number of hydrogen-bond acceptors (Lipinski definition) is 3. The lowest BCUT2D eigenvalue weighted by Gasteiger charge is -2.06. The average Bonchev–Trinajstić information content (AvgIpc) is 2.27. The number of H-pyrrole nitrogens is 1. The molecule has 2 rings (SSSR count). The fraction of sp³-hybridized carbons (Fsp3) is 0.167. The number of aromatic nitrogens is 2. The maximum absolute atomic E-state index is 5.96. The highest BCUT2D eigenvalue weighted by Gasteiger charge is 2.05.